The summed E-state index contributed by atoms with van der Waals surface area (Å²) in [6, 6.07) is 0. The summed E-state index contributed by atoms with van der Waals surface area (Å²) in [6.07, 6.45) is 1.07. The third-order valence-corrected chi connectivity index (χ3v) is 4.12. The molecule has 0 aromatic carbocycles. The monoisotopic (exact) mass is 304 g/mol. The van der Waals surface area contributed by atoms with Crippen LogP contribution in [0.15, 0.2) is 4.34 Å². The smallest absolute Gasteiger partial charge is 0.230 e. The molecule has 0 bridgehead atoms. The molecule has 0 saturated heterocycles. The molecule has 2 N–H and O–H groups in total. The zero-order valence-corrected chi connectivity index (χ0v) is 13.1. The van der Waals surface area contributed by atoms with Gasteiger partial charge in [0.05, 0.1) is 11.9 Å². The number of hydrogen-bond acceptors (Lipinski definition) is 7. The van der Waals surface area contributed by atoms with E-state index in [4.69, 9.17) is 4.74 Å². The number of carbonyl (C=O) groups is 1. The van der Waals surface area contributed by atoms with Gasteiger partial charge in [-0.25, -0.2) is 0 Å². The minimum absolute atomic E-state index is 0.00996. The Hall–Kier alpha value is -0.860. The van der Waals surface area contributed by atoms with E-state index in [-0.39, 0.29) is 12.0 Å². The average Bonchev–Trinajstić information content (AvgIpc) is 2.83. The first kappa shape index (κ1) is 16.2. The van der Waals surface area contributed by atoms with Crippen LogP contribution in [0.25, 0.3) is 0 Å². The highest BCUT2D eigenvalue weighted by atomic mass is 32.2. The Labute approximate surface area is 121 Å². The fourth-order valence-corrected chi connectivity index (χ4v) is 2.70. The van der Waals surface area contributed by atoms with Crippen LogP contribution in [-0.4, -0.2) is 48.2 Å². The number of nitrogens with one attached hydrogen (secondary N) is 2. The second-order valence-corrected chi connectivity index (χ2v) is 6.23. The summed E-state index contributed by atoms with van der Waals surface area (Å²) in [6.45, 7) is 5.31. The Morgan fingerprint density at radius 3 is 2.89 bits per heavy atom. The third-order valence-electron chi connectivity index (χ3n) is 2.04. The van der Waals surface area contributed by atoms with Gasteiger partial charge < -0.3 is 15.4 Å². The maximum absolute atomic E-state index is 11.6. The summed E-state index contributed by atoms with van der Waals surface area (Å²) >= 11 is 2.83. The van der Waals surface area contributed by atoms with Gasteiger partial charge in [-0.3, -0.25) is 4.79 Å². The van der Waals surface area contributed by atoms with Crippen LogP contribution in [0.5, 0.6) is 0 Å². The SMILES string of the molecule is CNc1nnc(SCC(=O)NCCCOC(C)C)s1. The zero-order valence-electron chi connectivity index (χ0n) is 11.4. The number of rotatable bonds is 9. The molecule has 0 aliphatic carbocycles. The van der Waals surface area contributed by atoms with Gasteiger partial charge >= 0.3 is 0 Å². The van der Waals surface area contributed by atoms with Gasteiger partial charge in [0, 0.05) is 20.2 Å². The van der Waals surface area contributed by atoms with Gasteiger partial charge in [-0.1, -0.05) is 23.1 Å². The topological polar surface area (TPSA) is 76.1 Å². The highest BCUT2D eigenvalue weighted by Crippen LogP contribution is 2.24. The van der Waals surface area contributed by atoms with Crippen molar-refractivity contribution in [2.24, 2.45) is 0 Å². The number of amides is 1. The number of carbonyl (C=O) groups excluding carboxylic acids is 1. The van der Waals surface area contributed by atoms with Crippen molar-refractivity contribution in [2.75, 3.05) is 31.3 Å². The number of hydrogen-bond donors (Lipinski definition) is 2. The summed E-state index contributed by atoms with van der Waals surface area (Å²) < 4.78 is 6.18. The highest BCUT2D eigenvalue weighted by Gasteiger charge is 2.06. The summed E-state index contributed by atoms with van der Waals surface area (Å²) in [5.74, 6) is 0.374. The number of aromatic nitrogens is 2. The number of ether oxygens (including phenoxy) is 1. The van der Waals surface area contributed by atoms with E-state index < -0.39 is 0 Å². The third kappa shape index (κ3) is 7.34. The van der Waals surface area contributed by atoms with Crippen molar-refractivity contribution in [1.82, 2.24) is 15.5 Å². The number of anilines is 1. The zero-order chi connectivity index (χ0) is 14.1. The maximum atomic E-state index is 11.6. The van der Waals surface area contributed by atoms with Gasteiger partial charge in [0.2, 0.25) is 11.0 Å². The average molecular weight is 304 g/mol. The molecule has 0 saturated carbocycles. The van der Waals surface area contributed by atoms with E-state index in [1.54, 1.807) is 7.05 Å². The molecule has 0 aliphatic heterocycles. The Kier molecular flexibility index (Phi) is 7.76. The molecule has 108 valence electrons. The molecular formula is C11H20N4O2S2. The molecule has 0 unspecified atom stereocenters. The van der Waals surface area contributed by atoms with Crippen molar-refractivity contribution in [2.45, 2.75) is 30.7 Å². The van der Waals surface area contributed by atoms with Crippen LogP contribution < -0.4 is 10.6 Å². The van der Waals surface area contributed by atoms with Crippen molar-refractivity contribution in [1.29, 1.82) is 0 Å². The van der Waals surface area contributed by atoms with E-state index in [1.165, 1.54) is 23.1 Å². The van der Waals surface area contributed by atoms with Gasteiger partial charge in [0.25, 0.3) is 0 Å². The van der Waals surface area contributed by atoms with E-state index in [0.29, 0.717) is 18.9 Å². The van der Waals surface area contributed by atoms with Crippen molar-refractivity contribution in [3.63, 3.8) is 0 Å². The Morgan fingerprint density at radius 1 is 1.47 bits per heavy atom. The fraction of sp³-hybridized carbons (Fsp3) is 0.727. The van der Waals surface area contributed by atoms with Crippen LogP contribution in [0.1, 0.15) is 20.3 Å². The first-order valence-corrected chi connectivity index (χ1v) is 7.94. The molecular weight excluding hydrogens is 284 g/mol. The predicted molar refractivity (Wildman–Crippen MR) is 78.9 cm³/mol. The fourth-order valence-electron chi connectivity index (χ4n) is 1.17. The standard InChI is InChI=1S/C11H20N4O2S2/c1-8(2)17-6-4-5-13-9(16)7-18-11-15-14-10(12-3)19-11/h8H,4-7H2,1-3H3,(H,12,14)(H,13,16). The van der Waals surface area contributed by atoms with Crippen molar-refractivity contribution >= 4 is 34.1 Å². The Morgan fingerprint density at radius 2 is 2.26 bits per heavy atom. The summed E-state index contributed by atoms with van der Waals surface area (Å²) in [5.41, 5.74) is 0. The van der Waals surface area contributed by atoms with Gasteiger partial charge in [-0.2, -0.15) is 0 Å². The lowest BCUT2D eigenvalue weighted by Crippen LogP contribution is -2.27. The molecule has 0 radical (unpaired) electrons. The van der Waals surface area contributed by atoms with E-state index >= 15 is 0 Å². The molecule has 6 nitrogen and oxygen atoms in total. The lowest BCUT2D eigenvalue weighted by molar-refractivity contribution is -0.118. The molecule has 0 fully saturated rings. The lowest BCUT2D eigenvalue weighted by Gasteiger charge is -2.07. The molecule has 1 rings (SSSR count). The lowest BCUT2D eigenvalue weighted by atomic mass is 10.4. The molecule has 19 heavy (non-hydrogen) atoms. The maximum Gasteiger partial charge on any atom is 0.230 e. The van der Waals surface area contributed by atoms with Crippen LogP contribution in [0, 0.1) is 0 Å². The van der Waals surface area contributed by atoms with E-state index in [0.717, 1.165) is 15.9 Å². The van der Waals surface area contributed by atoms with Crippen molar-refractivity contribution in [3.05, 3.63) is 0 Å². The van der Waals surface area contributed by atoms with Gasteiger partial charge in [0.1, 0.15) is 0 Å². The highest BCUT2D eigenvalue weighted by molar-refractivity contribution is 8.01. The summed E-state index contributed by atoms with van der Waals surface area (Å²) in [5, 5.41) is 14.4. The van der Waals surface area contributed by atoms with Gasteiger partial charge in [-0.15, -0.1) is 10.2 Å². The molecule has 0 aliphatic rings. The van der Waals surface area contributed by atoms with Crippen LogP contribution in [0.3, 0.4) is 0 Å². The largest absolute Gasteiger partial charge is 0.379 e. The molecule has 1 amide bonds. The van der Waals surface area contributed by atoms with Gasteiger partial charge in [-0.05, 0) is 20.3 Å². The molecule has 1 heterocycles. The van der Waals surface area contributed by atoms with Crippen molar-refractivity contribution < 1.29 is 9.53 Å². The van der Waals surface area contributed by atoms with Crippen LogP contribution >= 0.6 is 23.1 Å². The van der Waals surface area contributed by atoms with Crippen LogP contribution in [0.4, 0.5) is 5.13 Å². The quantitative estimate of drug-likeness (QED) is 0.533. The first-order valence-electron chi connectivity index (χ1n) is 6.14. The summed E-state index contributed by atoms with van der Waals surface area (Å²) in [7, 11) is 1.79. The number of nitrogens with zero attached hydrogens (tertiary/aromatic N) is 2. The molecule has 1 aromatic rings. The number of thioether (sulfide) groups is 1. The predicted octanol–water partition coefficient (Wildman–Crippen LogP) is 1.60. The molecule has 0 spiro atoms. The Bertz CT molecular complexity index is 385. The normalized spacial score (nSPS) is 10.7. The van der Waals surface area contributed by atoms with E-state index in [1.807, 2.05) is 13.8 Å². The van der Waals surface area contributed by atoms with Crippen LogP contribution in [-0.2, 0) is 9.53 Å². The second-order valence-electron chi connectivity index (χ2n) is 4.03. The van der Waals surface area contributed by atoms with Crippen molar-refractivity contribution in [3.8, 4) is 0 Å². The minimum Gasteiger partial charge on any atom is -0.379 e. The first-order chi connectivity index (χ1) is 9.11. The van der Waals surface area contributed by atoms with E-state index in [9.17, 15) is 4.79 Å². The van der Waals surface area contributed by atoms with Gasteiger partial charge in [0.15, 0.2) is 4.34 Å². The Balaban J connectivity index is 2.07. The van der Waals surface area contributed by atoms with E-state index in [2.05, 4.69) is 20.8 Å². The second kappa shape index (κ2) is 9.11. The minimum atomic E-state index is 0.00996. The molecule has 1 aromatic heterocycles. The molecule has 0 atom stereocenters. The van der Waals surface area contributed by atoms with Crippen LogP contribution in [0.2, 0.25) is 0 Å². The molecule has 8 heteroatoms. The summed E-state index contributed by atoms with van der Waals surface area (Å²) in [4.78, 5) is 11.6.